The van der Waals surface area contributed by atoms with Gasteiger partial charge in [-0.25, -0.2) is 4.79 Å². The van der Waals surface area contributed by atoms with Crippen molar-refractivity contribution in [1.29, 1.82) is 0 Å². The quantitative estimate of drug-likeness (QED) is 0.360. The molecule has 0 radical (unpaired) electrons. The van der Waals surface area contributed by atoms with Crippen molar-refractivity contribution in [2.45, 2.75) is 104 Å². The first-order valence-electron chi connectivity index (χ1n) is 15.3. The van der Waals surface area contributed by atoms with Crippen molar-refractivity contribution in [3.8, 4) is 0 Å². The predicted octanol–water partition coefficient (Wildman–Crippen LogP) is 3.29. The highest BCUT2D eigenvalue weighted by atomic mass is 16.5. The first-order chi connectivity index (χ1) is 19.8. The second kappa shape index (κ2) is 14.6. The molecule has 4 rings (SSSR count). The lowest BCUT2D eigenvalue weighted by molar-refractivity contribution is -0.142. The Labute approximate surface area is 249 Å². The number of nitrogens with one attached hydrogen (secondary N) is 2. The van der Waals surface area contributed by atoms with Crippen molar-refractivity contribution in [2.75, 3.05) is 13.2 Å². The number of alkyl carbamates (subject to hydrolysis) is 1. The van der Waals surface area contributed by atoms with E-state index in [2.05, 4.69) is 24.5 Å². The number of ether oxygens (including phenoxy) is 1. The summed E-state index contributed by atoms with van der Waals surface area (Å²) in [6.07, 6.45) is 5.08. The van der Waals surface area contributed by atoms with Crippen LogP contribution in [-0.4, -0.2) is 65.8 Å². The van der Waals surface area contributed by atoms with Crippen LogP contribution in [0.25, 0.3) is 0 Å². The van der Waals surface area contributed by atoms with Crippen LogP contribution in [0.3, 0.4) is 0 Å². The standard InChI is InChI=1S/C29H40N4O6.C3H8/c1-29(2,3)16-39-28(38)32-23(20-14-18-7-4-5-8-19(18)15-20)27(37)33-12-6-9-22(33)26(36)31-21(13-17-10-11-17)24(34)25(30)35;1-3-2/h4-5,7-8,17,20-23H,6,9-16H2,1-3H3,(H2,30,35)(H,31,36)(H,32,38);3H2,1-2H3/t21?,22-,23-;/m0./s1. The molecule has 1 unspecified atom stereocenters. The number of Topliss-reactive ketones (excluding diaryl/α,β-unsaturated/α-hetero) is 1. The van der Waals surface area contributed by atoms with Crippen LogP contribution in [0, 0.1) is 17.3 Å². The van der Waals surface area contributed by atoms with Crippen molar-refractivity contribution < 1.29 is 28.7 Å². The summed E-state index contributed by atoms with van der Waals surface area (Å²) in [5.41, 5.74) is 7.25. The van der Waals surface area contributed by atoms with Gasteiger partial charge in [0.05, 0.1) is 12.6 Å². The number of hydrogen-bond acceptors (Lipinski definition) is 6. The minimum atomic E-state index is -1.08. The van der Waals surface area contributed by atoms with Gasteiger partial charge in [0.15, 0.2) is 0 Å². The molecule has 0 aromatic heterocycles. The average molecular weight is 585 g/mol. The number of benzene rings is 1. The number of nitrogens with two attached hydrogens (primary N) is 1. The highest BCUT2D eigenvalue weighted by Gasteiger charge is 2.43. The number of hydrogen-bond donors (Lipinski definition) is 3. The second-order valence-corrected chi connectivity index (χ2v) is 13.1. The lowest BCUT2D eigenvalue weighted by atomic mass is 9.95. The summed E-state index contributed by atoms with van der Waals surface area (Å²) in [5, 5.41) is 5.51. The molecule has 1 aliphatic heterocycles. The van der Waals surface area contributed by atoms with E-state index in [1.54, 1.807) is 0 Å². The minimum absolute atomic E-state index is 0.190. The smallest absolute Gasteiger partial charge is 0.407 e. The van der Waals surface area contributed by atoms with Crippen LogP contribution in [0.15, 0.2) is 24.3 Å². The molecule has 1 heterocycles. The molecular weight excluding hydrogens is 536 g/mol. The normalized spacial score (nSPS) is 19.5. The third-order valence-corrected chi connectivity index (χ3v) is 7.71. The summed E-state index contributed by atoms with van der Waals surface area (Å²) < 4.78 is 5.42. The molecule has 0 bridgehead atoms. The first-order valence-corrected chi connectivity index (χ1v) is 15.3. The van der Waals surface area contributed by atoms with Gasteiger partial charge in [0.25, 0.3) is 5.91 Å². The van der Waals surface area contributed by atoms with Crippen LogP contribution in [0.1, 0.15) is 84.3 Å². The molecule has 10 nitrogen and oxygen atoms in total. The summed E-state index contributed by atoms with van der Waals surface area (Å²) in [6, 6.07) is 5.27. The topological polar surface area (TPSA) is 148 Å². The summed E-state index contributed by atoms with van der Waals surface area (Å²) in [7, 11) is 0. The first kappa shape index (κ1) is 33.1. The van der Waals surface area contributed by atoms with Crippen LogP contribution in [-0.2, 0) is 36.8 Å². The molecule has 1 saturated heterocycles. The summed E-state index contributed by atoms with van der Waals surface area (Å²) in [6.45, 7) is 10.6. The number of amides is 4. The van der Waals surface area contributed by atoms with Crippen LogP contribution in [0.5, 0.6) is 0 Å². The lowest BCUT2D eigenvalue weighted by Gasteiger charge is -2.32. The number of primary amides is 1. The maximum absolute atomic E-state index is 14.0. The van der Waals surface area contributed by atoms with E-state index in [1.807, 2.05) is 45.0 Å². The van der Waals surface area contributed by atoms with Gasteiger partial charge in [0.2, 0.25) is 17.6 Å². The number of nitrogens with zero attached hydrogens (tertiary/aromatic N) is 1. The zero-order valence-electron chi connectivity index (χ0n) is 25.7. The molecule has 10 heteroatoms. The molecule has 42 heavy (non-hydrogen) atoms. The van der Waals surface area contributed by atoms with Gasteiger partial charge in [-0.1, -0.05) is 78.1 Å². The predicted molar refractivity (Wildman–Crippen MR) is 159 cm³/mol. The zero-order valence-corrected chi connectivity index (χ0v) is 25.7. The SMILES string of the molecule is CC(C)(C)COC(=O)N[C@H](C(=O)N1CCC[C@H]1C(=O)NC(CC1CC1)C(=O)C(N)=O)C1Cc2ccccc2C1.CCC. The Morgan fingerprint density at radius 3 is 2.12 bits per heavy atom. The van der Waals surface area contributed by atoms with Crippen LogP contribution in [0.4, 0.5) is 4.79 Å². The van der Waals surface area contributed by atoms with E-state index in [0.29, 0.717) is 38.6 Å². The van der Waals surface area contributed by atoms with Gasteiger partial charge < -0.3 is 26.0 Å². The highest BCUT2D eigenvalue weighted by molar-refractivity contribution is 6.37. The monoisotopic (exact) mass is 584 g/mol. The van der Waals surface area contributed by atoms with E-state index in [4.69, 9.17) is 10.5 Å². The van der Waals surface area contributed by atoms with Gasteiger partial charge in [0.1, 0.15) is 12.1 Å². The minimum Gasteiger partial charge on any atom is -0.449 e. The van der Waals surface area contributed by atoms with Gasteiger partial charge in [-0.2, -0.15) is 0 Å². The average Bonchev–Trinajstić information content (AvgIpc) is 3.43. The second-order valence-electron chi connectivity index (χ2n) is 13.1. The van der Waals surface area contributed by atoms with Crippen molar-refractivity contribution in [1.82, 2.24) is 15.5 Å². The molecule has 1 aromatic carbocycles. The summed E-state index contributed by atoms with van der Waals surface area (Å²) in [5.74, 6) is -2.66. The molecule has 3 aliphatic rings. The largest absolute Gasteiger partial charge is 0.449 e. The molecule has 0 spiro atoms. The molecule has 232 valence electrons. The molecule has 4 N–H and O–H groups in total. The Hall–Kier alpha value is -3.43. The molecule has 1 saturated carbocycles. The molecule has 4 amide bonds. The van der Waals surface area contributed by atoms with E-state index in [0.717, 1.165) is 24.0 Å². The van der Waals surface area contributed by atoms with E-state index in [1.165, 1.54) is 11.3 Å². The van der Waals surface area contributed by atoms with Crippen LogP contribution >= 0.6 is 0 Å². The number of carbonyl (C=O) groups excluding carboxylic acids is 5. The van der Waals surface area contributed by atoms with Crippen molar-refractivity contribution in [2.24, 2.45) is 23.0 Å². The van der Waals surface area contributed by atoms with E-state index < -0.39 is 41.8 Å². The Morgan fingerprint density at radius 1 is 1.00 bits per heavy atom. The number of rotatable bonds is 10. The van der Waals surface area contributed by atoms with E-state index in [-0.39, 0.29) is 29.8 Å². The fourth-order valence-corrected chi connectivity index (χ4v) is 5.50. The Morgan fingerprint density at radius 2 is 1.60 bits per heavy atom. The maximum atomic E-state index is 14.0. The third-order valence-electron chi connectivity index (χ3n) is 7.71. The lowest BCUT2D eigenvalue weighted by Crippen LogP contribution is -2.58. The fourth-order valence-electron chi connectivity index (χ4n) is 5.50. The maximum Gasteiger partial charge on any atom is 0.407 e. The van der Waals surface area contributed by atoms with Gasteiger partial charge in [0, 0.05) is 6.54 Å². The zero-order chi connectivity index (χ0) is 31.0. The number of likely N-dealkylation sites (tertiary alicyclic amines) is 1. The van der Waals surface area contributed by atoms with Crippen LogP contribution in [0.2, 0.25) is 0 Å². The number of fused-ring (bicyclic) bond motifs is 1. The van der Waals surface area contributed by atoms with Gasteiger partial charge in [-0.3, -0.25) is 19.2 Å². The molecule has 2 fully saturated rings. The van der Waals surface area contributed by atoms with Crippen molar-refractivity contribution in [3.05, 3.63) is 35.4 Å². The Balaban J connectivity index is 0.00000155. The van der Waals surface area contributed by atoms with Crippen molar-refractivity contribution in [3.63, 3.8) is 0 Å². The summed E-state index contributed by atoms with van der Waals surface area (Å²) >= 11 is 0. The fraction of sp³-hybridized carbons (Fsp3) is 0.656. The molecular formula is C32H48N4O6. The van der Waals surface area contributed by atoms with Crippen LogP contribution < -0.4 is 16.4 Å². The van der Waals surface area contributed by atoms with E-state index in [9.17, 15) is 24.0 Å². The van der Waals surface area contributed by atoms with Gasteiger partial charge in [-0.05, 0) is 60.5 Å². The molecule has 3 atom stereocenters. The number of ketones is 1. The molecule has 2 aliphatic carbocycles. The van der Waals surface area contributed by atoms with Gasteiger partial charge >= 0.3 is 6.09 Å². The van der Waals surface area contributed by atoms with Crippen molar-refractivity contribution >= 4 is 29.6 Å². The highest BCUT2D eigenvalue weighted by Crippen LogP contribution is 2.34. The Kier molecular flexibility index (Phi) is 11.5. The van der Waals surface area contributed by atoms with Gasteiger partial charge in [-0.15, -0.1) is 0 Å². The third kappa shape index (κ3) is 9.29. The number of carbonyl (C=O) groups is 5. The van der Waals surface area contributed by atoms with E-state index >= 15 is 0 Å². The molecule has 1 aromatic rings. The summed E-state index contributed by atoms with van der Waals surface area (Å²) in [4.78, 5) is 65.6. The Bertz CT molecular complexity index is 1120.